The van der Waals surface area contributed by atoms with E-state index in [0.717, 1.165) is 0 Å². The molecule has 1 radical (unpaired) electrons. The summed E-state index contributed by atoms with van der Waals surface area (Å²) in [6.07, 6.45) is 3.50. The summed E-state index contributed by atoms with van der Waals surface area (Å²) in [7, 11) is -1.00. The van der Waals surface area contributed by atoms with Gasteiger partial charge in [-0.1, -0.05) is 6.07 Å². The van der Waals surface area contributed by atoms with E-state index in [1.54, 1.807) is 12.4 Å². The summed E-state index contributed by atoms with van der Waals surface area (Å²) >= 11 is 0. The molecule has 0 bridgehead atoms. The van der Waals surface area contributed by atoms with Crippen LogP contribution in [0.5, 0.6) is 0 Å². The maximum atomic E-state index is 9.50. The van der Waals surface area contributed by atoms with Crippen LogP contribution in [0.2, 0.25) is 0 Å². The van der Waals surface area contributed by atoms with Crippen molar-refractivity contribution in [2.24, 2.45) is 0 Å². The Bertz CT molecular complexity index is 97.8. The van der Waals surface area contributed by atoms with E-state index < -0.39 is 7.83 Å². The first-order chi connectivity index (χ1) is 4.41. The highest BCUT2D eigenvalue weighted by Gasteiger charge is 1.62. The molecular weight excluding hydrogens is 123 g/mol. The predicted octanol–water partition coefficient (Wildman–Crippen LogP) is 1.54. The van der Waals surface area contributed by atoms with Gasteiger partial charge in [0.15, 0.2) is 0 Å². The standard InChI is InChI=1S/C5H5N.BF2/c1-2-4-6-5-3-1;2-1-3/h1-5H;. The fourth-order valence-corrected chi connectivity index (χ4v) is 0.313. The van der Waals surface area contributed by atoms with Crippen LogP contribution < -0.4 is 0 Å². The van der Waals surface area contributed by atoms with Crippen LogP contribution >= 0.6 is 0 Å². The van der Waals surface area contributed by atoms with Gasteiger partial charge in [-0.3, -0.25) is 13.6 Å². The van der Waals surface area contributed by atoms with Crippen LogP contribution in [0.25, 0.3) is 0 Å². The summed E-state index contributed by atoms with van der Waals surface area (Å²) in [6, 6.07) is 5.72. The van der Waals surface area contributed by atoms with Gasteiger partial charge in [-0.2, -0.15) is 0 Å². The van der Waals surface area contributed by atoms with Gasteiger partial charge in [-0.05, 0) is 12.1 Å². The quantitative estimate of drug-likeness (QED) is 0.483. The molecule has 0 unspecified atom stereocenters. The Morgan fingerprint density at radius 2 is 1.44 bits per heavy atom. The minimum Gasteiger partial charge on any atom is -0.289 e. The van der Waals surface area contributed by atoms with Gasteiger partial charge in [-0.15, -0.1) is 0 Å². The molecule has 0 N–H and O–H groups in total. The summed E-state index contributed by atoms with van der Waals surface area (Å²) in [6.45, 7) is 0. The maximum Gasteiger partial charge on any atom is 0.577 e. The van der Waals surface area contributed by atoms with Gasteiger partial charge in [0, 0.05) is 12.4 Å². The largest absolute Gasteiger partial charge is 0.577 e. The van der Waals surface area contributed by atoms with Gasteiger partial charge < -0.3 is 0 Å². The smallest absolute Gasteiger partial charge is 0.289 e. The number of nitrogens with zero attached hydrogens (tertiary/aromatic N) is 1. The van der Waals surface area contributed by atoms with Crippen molar-refractivity contribution in [3.63, 3.8) is 0 Å². The summed E-state index contributed by atoms with van der Waals surface area (Å²) in [5.41, 5.74) is 0. The zero-order valence-corrected chi connectivity index (χ0v) is 4.67. The molecule has 0 saturated heterocycles. The molecule has 1 rings (SSSR count). The lowest BCUT2D eigenvalue weighted by Gasteiger charge is -1.70. The van der Waals surface area contributed by atoms with Gasteiger partial charge in [-0.25, -0.2) is 0 Å². The Labute approximate surface area is 53.1 Å². The van der Waals surface area contributed by atoms with E-state index in [1.807, 2.05) is 18.2 Å². The normalized spacial score (nSPS) is 6.89. The van der Waals surface area contributed by atoms with Gasteiger partial charge in [0.05, 0.1) is 0 Å². The van der Waals surface area contributed by atoms with E-state index in [4.69, 9.17) is 0 Å². The Morgan fingerprint density at radius 1 is 1.00 bits per heavy atom. The van der Waals surface area contributed by atoms with Crippen LogP contribution in [0.4, 0.5) is 8.63 Å². The third kappa shape index (κ3) is 7.07. The molecule has 1 aromatic rings. The van der Waals surface area contributed by atoms with Crippen molar-refractivity contribution in [3.8, 4) is 0 Å². The summed E-state index contributed by atoms with van der Waals surface area (Å²) in [4.78, 5) is 3.78. The lowest BCUT2D eigenvalue weighted by atomic mass is 10.5. The molecule has 0 amide bonds. The third-order valence-corrected chi connectivity index (χ3v) is 0.566. The molecule has 0 fully saturated rings. The van der Waals surface area contributed by atoms with Crippen LogP contribution in [0.3, 0.4) is 0 Å². The lowest BCUT2D eigenvalue weighted by molar-refractivity contribution is 0.712. The molecule has 0 aliphatic rings. The number of halogens is 2. The second kappa shape index (κ2) is 7.07. The minimum atomic E-state index is -1.00. The first-order valence-electron chi connectivity index (χ1n) is 2.29. The molecular formula is C5H5BF2N. The van der Waals surface area contributed by atoms with Crippen molar-refractivity contribution < 1.29 is 8.63 Å². The first-order valence-corrected chi connectivity index (χ1v) is 2.29. The summed E-state index contributed by atoms with van der Waals surface area (Å²) in [5.74, 6) is 0. The molecule has 0 aliphatic carbocycles. The number of hydrogen-bond acceptors (Lipinski definition) is 1. The van der Waals surface area contributed by atoms with Crippen LogP contribution in [-0.4, -0.2) is 12.8 Å². The van der Waals surface area contributed by atoms with Crippen molar-refractivity contribution in [2.75, 3.05) is 0 Å². The lowest BCUT2D eigenvalue weighted by Crippen LogP contribution is -1.58. The maximum absolute atomic E-state index is 9.50. The van der Waals surface area contributed by atoms with Gasteiger partial charge in [0.2, 0.25) is 0 Å². The number of hydrogen-bond donors (Lipinski definition) is 0. The zero-order chi connectivity index (χ0) is 6.95. The molecule has 1 aromatic heterocycles. The third-order valence-electron chi connectivity index (χ3n) is 0.566. The van der Waals surface area contributed by atoms with E-state index >= 15 is 0 Å². The zero-order valence-electron chi connectivity index (χ0n) is 4.67. The molecule has 0 aliphatic heterocycles. The van der Waals surface area contributed by atoms with E-state index in [0.29, 0.717) is 0 Å². The predicted molar refractivity (Wildman–Crippen MR) is 32.2 cm³/mol. The van der Waals surface area contributed by atoms with Gasteiger partial charge in [0.25, 0.3) is 0 Å². The van der Waals surface area contributed by atoms with Crippen molar-refractivity contribution in [3.05, 3.63) is 30.6 Å². The van der Waals surface area contributed by atoms with Crippen molar-refractivity contribution in [1.82, 2.24) is 4.98 Å². The fourth-order valence-electron chi connectivity index (χ4n) is 0.313. The second-order valence-corrected chi connectivity index (χ2v) is 1.11. The SMILES string of the molecule is F[B]F.c1ccncc1. The van der Waals surface area contributed by atoms with E-state index in [2.05, 4.69) is 4.98 Å². The first kappa shape index (κ1) is 8.07. The van der Waals surface area contributed by atoms with Gasteiger partial charge in [0.1, 0.15) is 0 Å². The number of aromatic nitrogens is 1. The molecule has 47 valence electrons. The van der Waals surface area contributed by atoms with Crippen molar-refractivity contribution in [2.45, 2.75) is 0 Å². The average Bonchev–Trinajstić information content (AvgIpc) is 1.93. The minimum absolute atomic E-state index is 1.00. The van der Waals surface area contributed by atoms with Crippen LogP contribution in [-0.2, 0) is 0 Å². The molecule has 0 atom stereocenters. The Kier molecular flexibility index (Phi) is 6.35. The Hall–Kier alpha value is -0.925. The molecule has 0 spiro atoms. The summed E-state index contributed by atoms with van der Waals surface area (Å²) in [5, 5.41) is 0. The second-order valence-electron chi connectivity index (χ2n) is 1.11. The van der Waals surface area contributed by atoms with Crippen LogP contribution in [0.15, 0.2) is 30.6 Å². The number of rotatable bonds is 0. The van der Waals surface area contributed by atoms with E-state index in [-0.39, 0.29) is 0 Å². The Balaban J connectivity index is 0.000000187. The highest BCUT2D eigenvalue weighted by atomic mass is 19.2. The number of pyridine rings is 1. The summed E-state index contributed by atoms with van der Waals surface area (Å²) < 4.78 is 19.0. The molecule has 0 saturated carbocycles. The molecule has 1 nitrogen and oxygen atoms in total. The van der Waals surface area contributed by atoms with E-state index in [1.165, 1.54) is 0 Å². The topological polar surface area (TPSA) is 12.9 Å². The van der Waals surface area contributed by atoms with Crippen LogP contribution in [0.1, 0.15) is 0 Å². The molecule has 1 heterocycles. The van der Waals surface area contributed by atoms with E-state index in [9.17, 15) is 8.63 Å². The molecule has 4 heteroatoms. The monoisotopic (exact) mass is 128 g/mol. The van der Waals surface area contributed by atoms with Crippen LogP contribution in [0, 0.1) is 0 Å². The highest BCUT2D eigenvalue weighted by Crippen LogP contribution is 1.73. The fraction of sp³-hybridized carbons (Fsp3) is 0. The Morgan fingerprint density at radius 3 is 1.56 bits per heavy atom. The molecule has 0 aromatic carbocycles. The highest BCUT2D eigenvalue weighted by molar-refractivity contribution is 6.15. The van der Waals surface area contributed by atoms with Crippen molar-refractivity contribution in [1.29, 1.82) is 0 Å². The molecule has 9 heavy (non-hydrogen) atoms. The van der Waals surface area contributed by atoms with Gasteiger partial charge >= 0.3 is 7.83 Å². The van der Waals surface area contributed by atoms with Crippen molar-refractivity contribution >= 4 is 7.83 Å². The average molecular weight is 128 g/mol.